The predicted octanol–water partition coefficient (Wildman–Crippen LogP) is 6.84. The molecule has 4 rings (SSSR count). The number of imidazole rings is 1. The summed E-state index contributed by atoms with van der Waals surface area (Å²) < 4.78 is 7.29. The van der Waals surface area contributed by atoms with Gasteiger partial charge in [-0.1, -0.05) is 79.5 Å². The third-order valence-electron chi connectivity index (χ3n) is 6.77. The van der Waals surface area contributed by atoms with Crippen molar-refractivity contribution in [1.82, 2.24) is 9.55 Å². The van der Waals surface area contributed by atoms with Gasteiger partial charge in [0.25, 0.3) is 0 Å². The van der Waals surface area contributed by atoms with Gasteiger partial charge in [0.05, 0.1) is 31.5 Å². The van der Waals surface area contributed by atoms with E-state index < -0.39 is 18.0 Å². The van der Waals surface area contributed by atoms with E-state index in [1.807, 2.05) is 76.7 Å². The number of halogens is 1. The molecule has 0 amide bonds. The van der Waals surface area contributed by atoms with Gasteiger partial charge in [0, 0.05) is 22.2 Å². The number of benzene rings is 2. The van der Waals surface area contributed by atoms with Gasteiger partial charge in [-0.05, 0) is 41.5 Å². The number of carbonyl (C=O) groups excluding carboxylic acids is 1. The van der Waals surface area contributed by atoms with Crippen molar-refractivity contribution in [3.8, 4) is 0 Å². The molecule has 2 heterocycles. The van der Waals surface area contributed by atoms with E-state index in [0.29, 0.717) is 23.7 Å². The van der Waals surface area contributed by atoms with Crippen LogP contribution < -0.4 is 0 Å². The van der Waals surface area contributed by atoms with Crippen LogP contribution in [0.4, 0.5) is 0 Å². The molecule has 2 aromatic heterocycles. The van der Waals surface area contributed by atoms with Gasteiger partial charge in [-0.25, -0.2) is 4.98 Å². The third kappa shape index (κ3) is 6.50. The summed E-state index contributed by atoms with van der Waals surface area (Å²) in [4.78, 5) is 19.0. The number of unbranched alkanes of at least 4 members (excludes halogenated alkanes) is 1. The van der Waals surface area contributed by atoms with Crippen LogP contribution in [0.5, 0.6) is 0 Å². The number of aryl methyl sites for hydroxylation is 1. The highest BCUT2D eigenvalue weighted by Gasteiger charge is 2.39. The molecule has 2 aromatic carbocycles. The van der Waals surface area contributed by atoms with Crippen molar-refractivity contribution in [3.63, 3.8) is 0 Å². The summed E-state index contributed by atoms with van der Waals surface area (Å²) in [5.41, 5.74) is 2.62. The van der Waals surface area contributed by atoms with Crippen LogP contribution in [-0.2, 0) is 28.9 Å². The minimum Gasteiger partial charge on any atom is -0.469 e. The van der Waals surface area contributed by atoms with Crippen molar-refractivity contribution < 1.29 is 14.6 Å². The summed E-state index contributed by atoms with van der Waals surface area (Å²) >= 11 is 8.09. The fourth-order valence-corrected chi connectivity index (χ4v) is 5.86. The SMILES string of the molecule is CCCCc1ncc(C(O)C(C(=O)OC)C(Cc2ccccc2)c2cccs2)n1Cc1ccccc1Cl. The number of ether oxygens (including phenoxy) is 1. The normalized spacial score (nSPS) is 13.7. The number of hydrogen-bond acceptors (Lipinski definition) is 5. The van der Waals surface area contributed by atoms with Gasteiger partial charge < -0.3 is 14.4 Å². The minimum absolute atomic E-state index is 0.271. The highest BCUT2D eigenvalue weighted by atomic mass is 35.5. The van der Waals surface area contributed by atoms with Crippen molar-refractivity contribution >= 4 is 28.9 Å². The van der Waals surface area contributed by atoms with Crippen molar-refractivity contribution in [1.29, 1.82) is 0 Å². The predicted molar refractivity (Wildman–Crippen MR) is 149 cm³/mol. The van der Waals surface area contributed by atoms with Crippen LogP contribution >= 0.6 is 22.9 Å². The van der Waals surface area contributed by atoms with Crippen molar-refractivity contribution in [3.05, 3.63) is 111 Å². The Kier molecular flexibility index (Phi) is 9.56. The molecular formula is C30H33ClN2O3S. The van der Waals surface area contributed by atoms with Gasteiger partial charge in [-0.15, -0.1) is 11.3 Å². The number of rotatable bonds is 12. The van der Waals surface area contributed by atoms with Gasteiger partial charge in [0.2, 0.25) is 0 Å². The monoisotopic (exact) mass is 536 g/mol. The van der Waals surface area contributed by atoms with E-state index in [4.69, 9.17) is 16.3 Å². The number of thiophene rings is 1. The lowest BCUT2D eigenvalue weighted by molar-refractivity contribution is -0.151. The summed E-state index contributed by atoms with van der Waals surface area (Å²) in [5, 5.41) is 14.6. The van der Waals surface area contributed by atoms with Crippen molar-refractivity contribution in [2.75, 3.05) is 7.11 Å². The van der Waals surface area contributed by atoms with E-state index in [0.717, 1.165) is 41.1 Å². The standard InChI is InChI=1S/C30H33ClN2O3S/c1-3-4-16-27-32-19-25(33(27)20-22-13-8-9-14-24(22)31)29(34)28(30(35)36-2)23(26-15-10-17-37-26)18-21-11-6-5-7-12-21/h5-15,17,19,23,28-29,34H,3-4,16,18,20H2,1-2H3. The van der Waals surface area contributed by atoms with Gasteiger partial charge in [0.1, 0.15) is 11.9 Å². The van der Waals surface area contributed by atoms with E-state index in [2.05, 4.69) is 11.9 Å². The maximum atomic E-state index is 13.3. The average Bonchev–Trinajstić information content (AvgIpc) is 3.59. The molecule has 0 aliphatic rings. The van der Waals surface area contributed by atoms with Crippen LogP contribution in [0, 0.1) is 5.92 Å². The first-order chi connectivity index (χ1) is 18.0. The lowest BCUT2D eigenvalue weighted by atomic mass is 9.81. The van der Waals surface area contributed by atoms with Crippen LogP contribution in [0.3, 0.4) is 0 Å². The molecule has 0 aliphatic carbocycles. The third-order valence-corrected chi connectivity index (χ3v) is 8.14. The van der Waals surface area contributed by atoms with Crippen LogP contribution in [0.25, 0.3) is 0 Å². The zero-order chi connectivity index (χ0) is 26.2. The lowest BCUT2D eigenvalue weighted by Crippen LogP contribution is -2.32. The van der Waals surface area contributed by atoms with Gasteiger partial charge >= 0.3 is 5.97 Å². The molecule has 0 spiro atoms. The van der Waals surface area contributed by atoms with Gasteiger partial charge in [0.15, 0.2) is 0 Å². The highest BCUT2D eigenvalue weighted by molar-refractivity contribution is 7.10. The smallest absolute Gasteiger partial charge is 0.312 e. The summed E-state index contributed by atoms with van der Waals surface area (Å²) in [7, 11) is 1.38. The number of carbonyl (C=O) groups is 1. The molecule has 37 heavy (non-hydrogen) atoms. The molecule has 3 unspecified atom stereocenters. The maximum absolute atomic E-state index is 13.3. The molecule has 1 N–H and O–H groups in total. The molecule has 0 aliphatic heterocycles. The first-order valence-corrected chi connectivity index (χ1v) is 13.9. The number of methoxy groups -OCH3 is 1. The molecular weight excluding hydrogens is 504 g/mol. The molecule has 0 saturated carbocycles. The second kappa shape index (κ2) is 13.0. The zero-order valence-corrected chi connectivity index (χ0v) is 22.8. The summed E-state index contributed by atoms with van der Waals surface area (Å²) in [6.45, 7) is 2.60. The van der Waals surface area contributed by atoms with Crippen LogP contribution in [0.15, 0.2) is 78.3 Å². The Morgan fingerprint density at radius 2 is 1.86 bits per heavy atom. The molecule has 0 bridgehead atoms. The molecule has 194 valence electrons. The second-order valence-electron chi connectivity index (χ2n) is 9.19. The Balaban J connectivity index is 1.77. The topological polar surface area (TPSA) is 64.3 Å². The number of aromatic nitrogens is 2. The zero-order valence-electron chi connectivity index (χ0n) is 21.2. The molecule has 5 nitrogen and oxygen atoms in total. The van der Waals surface area contributed by atoms with E-state index >= 15 is 0 Å². The van der Waals surface area contributed by atoms with Crippen molar-refractivity contribution in [2.24, 2.45) is 5.92 Å². The Hall–Kier alpha value is -2.93. The number of nitrogens with zero attached hydrogens (tertiary/aromatic N) is 2. The largest absolute Gasteiger partial charge is 0.469 e. The summed E-state index contributed by atoms with van der Waals surface area (Å²) in [6.07, 6.45) is 3.96. The van der Waals surface area contributed by atoms with Gasteiger partial charge in [-0.3, -0.25) is 4.79 Å². The quantitative estimate of drug-likeness (QED) is 0.201. The maximum Gasteiger partial charge on any atom is 0.312 e. The Morgan fingerprint density at radius 3 is 2.54 bits per heavy atom. The van der Waals surface area contributed by atoms with E-state index in [-0.39, 0.29) is 5.92 Å². The first-order valence-electron chi connectivity index (χ1n) is 12.6. The molecule has 0 saturated heterocycles. The van der Waals surface area contributed by atoms with Gasteiger partial charge in [-0.2, -0.15) is 0 Å². The van der Waals surface area contributed by atoms with Crippen LogP contribution in [0.1, 0.15) is 59.3 Å². The van der Waals surface area contributed by atoms with Crippen LogP contribution in [-0.4, -0.2) is 27.7 Å². The molecule has 3 atom stereocenters. The average molecular weight is 537 g/mol. The second-order valence-corrected chi connectivity index (χ2v) is 10.6. The summed E-state index contributed by atoms with van der Waals surface area (Å²) in [5.74, 6) is -0.658. The number of esters is 1. The number of aliphatic hydroxyl groups excluding tert-OH is 1. The van der Waals surface area contributed by atoms with E-state index in [1.54, 1.807) is 17.5 Å². The lowest BCUT2D eigenvalue weighted by Gasteiger charge is -2.29. The Labute approximate surface area is 227 Å². The number of aliphatic hydroxyl groups is 1. The van der Waals surface area contributed by atoms with E-state index in [9.17, 15) is 9.90 Å². The minimum atomic E-state index is -1.12. The molecule has 7 heteroatoms. The molecule has 4 aromatic rings. The fraction of sp³-hybridized carbons (Fsp3) is 0.333. The highest BCUT2D eigenvalue weighted by Crippen LogP contribution is 2.40. The summed E-state index contributed by atoms with van der Waals surface area (Å²) in [6, 6.07) is 21.7. The molecule has 0 fully saturated rings. The van der Waals surface area contributed by atoms with Crippen molar-refractivity contribution in [2.45, 2.75) is 51.2 Å². The van der Waals surface area contributed by atoms with E-state index in [1.165, 1.54) is 7.11 Å². The Bertz CT molecular complexity index is 1270. The fourth-order valence-electron chi connectivity index (χ4n) is 4.79. The van der Waals surface area contributed by atoms with Crippen LogP contribution in [0.2, 0.25) is 5.02 Å². The Morgan fingerprint density at radius 1 is 1.11 bits per heavy atom. The number of hydrogen-bond donors (Lipinski definition) is 1. The first kappa shape index (κ1) is 27.1. The molecule has 0 radical (unpaired) electrons.